The van der Waals surface area contributed by atoms with Crippen molar-refractivity contribution in [1.29, 1.82) is 0 Å². The molecule has 0 heterocycles. The Labute approximate surface area is 263 Å². The zero-order valence-corrected chi connectivity index (χ0v) is 26.4. The van der Waals surface area contributed by atoms with Gasteiger partial charge in [0.25, 0.3) is 0 Å². The SMILES string of the molecule is CCCCCCCCC(CC(C)CCCF)(c1ccccc1Oc1ccc(N)cc1)c1ccccc1Oc1ccc(N)cc1. The van der Waals surface area contributed by atoms with Gasteiger partial charge in [-0.2, -0.15) is 0 Å². The molecule has 0 spiro atoms. The van der Waals surface area contributed by atoms with Crippen molar-refractivity contribution in [3.63, 3.8) is 0 Å². The number of rotatable bonds is 18. The molecule has 4 N–H and O–H groups in total. The summed E-state index contributed by atoms with van der Waals surface area (Å²) >= 11 is 0. The van der Waals surface area contributed by atoms with E-state index in [0.29, 0.717) is 17.8 Å². The minimum absolute atomic E-state index is 0.278. The van der Waals surface area contributed by atoms with Crippen LogP contribution in [0.4, 0.5) is 15.8 Å². The van der Waals surface area contributed by atoms with Gasteiger partial charge in [0.15, 0.2) is 0 Å². The Morgan fingerprint density at radius 3 is 1.61 bits per heavy atom. The zero-order chi connectivity index (χ0) is 31.2. The Hall–Kier alpha value is -3.99. The van der Waals surface area contributed by atoms with Crippen LogP contribution in [0.15, 0.2) is 97.1 Å². The van der Waals surface area contributed by atoms with Crippen LogP contribution in [-0.4, -0.2) is 6.67 Å². The highest BCUT2D eigenvalue weighted by molar-refractivity contribution is 5.54. The monoisotopic (exact) mass is 596 g/mol. The fourth-order valence-corrected chi connectivity index (χ4v) is 6.29. The fourth-order valence-electron chi connectivity index (χ4n) is 6.29. The molecule has 0 aliphatic carbocycles. The summed E-state index contributed by atoms with van der Waals surface area (Å²) in [5.41, 5.74) is 15.1. The largest absolute Gasteiger partial charge is 0.457 e. The van der Waals surface area contributed by atoms with Gasteiger partial charge in [-0.05, 0) is 92.3 Å². The standard InChI is InChI=1S/C39H49FN2O2/c1-3-4-5-6-7-12-27-39(29-30(2)14-13-28-40,35-15-8-10-17-37(35)43-33-23-19-31(41)20-24-33)36-16-9-11-18-38(36)44-34-25-21-32(42)22-26-34/h8-11,15-26,30H,3-7,12-14,27-29,41-42H2,1-2H3. The molecule has 1 unspecified atom stereocenters. The molecule has 4 aromatic carbocycles. The number of nitrogens with two attached hydrogens (primary N) is 2. The highest BCUT2D eigenvalue weighted by atomic mass is 19.1. The van der Waals surface area contributed by atoms with E-state index < -0.39 is 5.41 Å². The lowest BCUT2D eigenvalue weighted by atomic mass is 9.65. The molecule has 4 aromatic rings. The van der Waals surface area contributed by atoms with E-state index in [1.807, 2.05) is 60.7 Å². The molecule has 0 saturated heterocycles. The topological polar surface area (TPSA) is 70.5 Å². The maximum Gasteiger partial charge on any atom is 0.131 e. The average molecular weight is 597 g/mol. The molecule has 5 heteroatoms. The van der Waals surface area contributed by atoms with Gasteiger partial charge in [-0.15, -0.1) is 0 Å². The zero-order valence-electron chi connectivity index (χ0n) is 26.4. The van der Waals surface area contributed by atoms with Crippen LogP contribution in [0.5, 0.6) is 23.0 Å². The Morgan fingerprint density at radius 1 is 0.636 bits per heavy atom. The van der Waals surface area contributed by atoms with Gasteiger partial charge in [-0.25, -0.2) is 0 Å². The van der Waals surface area contributed by atoms with E-state index in [4.69, 9.17) is 20.9 Å². The van der Waals surface area contributed by atoms with Crippen LogP contribution in [0.1, 0.15) is 89.2 Å². The molecule has 0 aliphatic heterocycles. The molecule has 44 heavy (non-hydrogen) atoms. The first-order chi connectivity index (χ1) is 21.4. The van der Waals surface area contributed by atoms with Crippen molar-refractivity contribution in [2.45, 2.75) is 83.5 Å². The van der Waals surface area contributed by atoms with E-state index in [2.05, 4.69) is 50.2 Å². The first-order valence-electron chi connectivity index (χ1n) is 16.3. The highest BCUT2D eigenvalue weighted by Gasteiger charge is 2.40. The molecule has 0 aliphatic rings. The second kappa shape index (κ2) is 16.7. The van der Waals surface area contributed by atoms with Gasteiger partial charge < -0.3 is 20.9 Å². The smallest absolute Gasteiger partial charge is 0.131 e. The lowest BCUT2D eigenvalue weighted by Crippen LogP contribution is -2.31. The fraction of sp³-hybridized carbons (Fsp3) is 0.385. The predicted molar refractivity (Wildman–Crippen MR) is 183 cm³/mol. The molecule has 0 amide bonds. The minimum atomic E-state index is -0.435. The summed E-state index contributed by atoms with van der Waals surface area (Å²) in [6.45, 7) is 4.20. The second-order valence-electron chi connectivity index (χ2n) is 12.1. The Kier molecular flexibility index (Phi) is 12.5. The minimum Gasteiger partial charge on any atom is -0.457 e. The quantitative estimate of drug-likeness (QED) is 0.0885. The first-order valence-corrected chi connectivity index (χ1v) is 16.3. The van der Waals surface area contributed by atoms with E-state index >= 15 is 0 Å². The maximum atomic E-state index is 13.4. The summed E-state index contributed by atoms with van der Waals surface area (Å²) in [5.74, 6) is 3.36. The van der Waals surface area contributed by atoms with Crippen LogP contribution in [0.2, 0.25) is 0 Å². The summed E-state index contributed by atoms with van der Waals surface area (Å²) in [5, 5.41) is 0. The molecule has 1 atom stereocenters. The maximum absolute atomic E-state index is 13.4. The molecule has 4 rings (SSSR count). The van der Waals surface area contributed by atoms with Gasteiger partial charge in [-0.3, -0.25) is 4.39 Å². The van der Waals surface area contributed by atoms with E-state index in [1.165, 1.54) is 25.7 Å². The second-order valence-corrected chi connectivity index (χ2v) is 12.1. The Balaban J connectivity index is 1.85. The van der Waals surface area contributed by atoms with Crippen molar-refractivity contribution >= 4 is 11.4 Å². The van der Waals surface area contributed by atoms with Crippen molar-refractivity contribution < 1.29 is 13.9 Å². The number of hydrogen-bond acceptors (Lipinski definition) is 4. The number of unbranched alkanes of at least 4 members (excludes halogenated alkanes) is 5. The Bertz CT molecular complexity index is 1310. The van der Waals surface area contributed by atoms with Crippen molar-refractivity contribution in [2.24, 2.45) is 5.92 Å². The molecule has 234 valence electrons. The number of alkyl halides is 1. The van der Waals surface area contributed by atoms with Gasteiger partial charge >= 0.3 is 0 Å². The molecule has 0 bridgehead atoms. The van der Waals surface area contributed by atoms with Gasteiger partial charge in [0.05, 0.1) is 6.67 Å². The van der Waals surface area contributed by atoms with Crippen LogP contribution in [0.3, 0.4) is 0 Å². The van der Waals surface area contributed by atoms with Crippen molar-refractivity contribution in [3.05, 3.63) is 108 Å². The van der Waals surface area contributed by atoms with Crippen LogP contribution in [0.25, 0.3) is 0 Å². The van der Waals surface area contributed by atoms with Gasteiger partial charge in [-0.1, -0.05) is 88.8 Å². The summed E-state index contributed by atoms with van der Waals surface area (Å²) in [4.78, 5) is 0. The van der Waals surface area contributed by atoms with Crippen LogP contribution >= 0.6 is 0 Å². The van der Waals surface area contributed by atoms with Crippen LogP contribution in [-0.2, 0) is 5.41 Å². The summed E-state index contributed by atoms with van der Waals surface area (Å²) in [6.07, 6.45) is 10.3. The number of anilines is 2. The van der Waals surface area contributed by atoms with Crippen LogP contribution in [0, 0.1) is 5.92 Å². The third-order valence-electron chi connectivity index (χ3n) is 8.51. The van der Waals surface area contributed by atoms with E-state index in [1.54, 1.807) is 0 Å². The van der Waals surface area contributed by atoms with E-state index in [9.17, 15) is 4.39 Å². The van der Waals surface area contributed by atoms with Crippen molar-refractivity contribution in [1.82, 2.24) is 0 Å². The van der Waals surface area contributed by atoms with E-state index in [0.717, 1.165) is 66.2 Å². The molecule has 4 nitrogen and oxygen atoms in total. The summed E-state index contributed by atoms with van der Waals surface area (Å²) < 4.78 is 26.6. The Morgan fingerprint density at radius 2 is 1.11 bits per heavy atom. The summed E-state index contributed by atoms with van der Waals surface area (Å²) in [6, 6.07) is 31.8. The molecule has 0 saturated carbocycles. The number of para-hydroxylation sites is 2. The number of benzene rings is 4. The average Bonchev–Trinajstić information content (AvgIpc) is 3.04. The number of halogens is 1. The van der Waals surface area contributed by atoms with Crippen molar-refractivity contribution in [2.75, 3.05) is 18.1 Å². The molecule has 0 fully saturated rings. The molecular weight excluding hydrogens is 547 g/mol. The van der Waals surface area contributed by atoms with Gasteiger partial charge in [0.1, 0.15) is 23.0 Å². The number of ether oxygens (including phenoxy) is 2. The number of nitrogen functional groups attached to an aromatic ring is 2. The molecule has 0 radical (unpaired) electrons. The first kappa shape index (κ1) is 32.9. The molecule has 0 aromatic heterocycles. The predicted octanol–water partition coefficient (Wildman–Crippen LogP) is 11.2. The van der Waals surface area contributed by atoms with Gasteiger partial charge in [0, 0.05) is 27.9 Å². The lowest BCUT2D eigenvalue weighted by molar-refractivity contribution is 0.305. The number of hydrogen-bond donors (Lipinski definition) is 2. The highest BCUT2D eigenvalue weighted by Crippen LogP contribution is 2.51. The van der Waals surface area contributed by atoms with E-state index in [-0.39, 0.29) is 12.6 Å². The summed E-state index contributed by atoms with van der Waals surface area (Å²) in [7, 11) is 0. The van der Waals surface area contributed by atoms with Gasteiger partial charge in [0.2, 0.25) is 0 Å². The van der Waals surface area contributed by atoms with Crippen molar-refractivity contribution in [3.8, 4) is 23.0 Å². The third kappa shape index (κ3) is 9.01. The lowest BCUT2D eigenvalue weighted by Gasteiger charge is -2.39. The third-order valence-corrected chi connectivity index (χ3v) is 8.51. The van der Waals surface area contributed by atoms with Crippen LogP contribution < -0.4 is 20.9 Å². The molecular formula is C39H49FN2O2. The normalized spacial score (nSPS) is 12.2.